The lowest BCUT2D eigenvalue weighted by atomic mass is 9.99. The van der Waals surface area contributed by atoms with E-state index in [1.807, 2.05) is 11.6 Å². The lowest BCUT2D eigenvalue weighted by molar-refractivity contribution is 0.219. The molecule has 0 saturated carbocycles. The van der Waals surface area contributed by atoms with Crippen LogP contribution in [0, 0.1) is 24.6 Å². The Morgan fingerprint density at radius 3 is 2.96 bits per heavy atom. The van der Waals surface area contributed by atoms with Crippen molar-refractivity contribution in [3.8, 4) is 0 Å². The van der Waals surface area contributed by atoms with Gasteiger partial charge in [-0.25, -0.2) is 9.07 Å². The van der Waals surface area contributed by atoms with E-state index >= 15 is 0 Å². The molecule has 1 aliphatic rings. The highest BCUT2D eigenvalue weighted by atomic mass is 19.1. The third-order valence-corrected chi connectivity index (χ3v) is 4.47. The van der Waals surface area contributed by atoms with Gasteiger partial charge in [0.2, 0.25) is 0 Å². The second kappa shape index (κ2) is 7.77. The van der Waals surface area contributed by atoms with Crippen molar-refractivity contribution in [3.05, 3.63) is 47.4 Å². The molecule has 1 aromatic heterocycles. The van der Waals surface area contributed by atoms with Gasteiger partial charge in [-0.1, -0.05) is 12.1 Å². The van der Waals surface area contributed by atoms with Gasteiger partial charge in [-0.05, 0) is 37.0 Å². The Hall–Kier alpha value is -1.92. The van der Waals surface area contributed by atoms with Crippen molar-refractivity contribution in [2.24, 2.45) is 11.8 Å². The first-order valence-corrected chi connectivity index (χ1v) is 8.48. The molecule has 2 atom stereocenters. The Morgan fingerprint density at radius 1 is 1.42 bits per heavy atom. The van der Waals surface area contributed by atoms with E-state index in [2.05, 4.69) is 21.8 Å². The summed E-state index contributed by atoms with van der Waals surface area (Å²) in [6.45, 7) is 5.59. The summed E-state index contributed by atoms with van der Waals surface area (Å²) >= 11 is 0. The first-order valence-electron chi connectivity index (χ1n) is 8.48. The number of benzene rings is 1. The molecule has 1 aliphatic heterocycles. The van der Waals surface area contributed by atoms with E-state index in [1.165, 1.54) is 12.1 Å². The molecule has 5 nitrogen and oxygen atoms in total. The van der Waals surface area contributed by atoms with Crippen LogP contribution in [0.5, 0.6) is 0 Å². The molecule has 0 bridgehead atoms. The average molecular weight is 332 g/mol. The third kappa shape index (κ3) is 4.33. The van der Waals surface area contributed by atoms with Gasteiger partial charge in [-0.3, -0.25) is 0 Å². The number of aryl methyl sites for hydroxylation is 1. The van der Waals surface area contributed by atoms with E-state index in [-0.39, 0.29) is 18.3 Å². The first-order chi connectivity index (χ1) is 11.6. The van der Waals surface area contributed by atoms with E-state index in [0.717, 1.165) is 49.7 Å². The molecule has 0 radical (unpaired) electrons. The lowest BCUT2D eigenvalue weighted by Crippen LogP contribution is -2.37. The van der Waals surface area contributed by atoms with Gasteiger partial charge in [-0.15, -0.1) is 0 Å². The summed E-state index contributed by atoms with van der Waals surface area (Å²) in [4.78, 5) is 0. The van der Waals surface area contributed by atoms with Crippen molar-refractivity contribution in [2.75, 3.05) is 31.6 Å². The Kier molecular flexibility index (Phi) is 5.48. The Morgan fingerprint density at radius 2 is 2.21 bits per heavy atom. The van der Waals surface area contributed by atoms with Crippen molar-refractivity contribution in [1.82, 2.24) is 15.1 Å². The first kappa shape index (κ1) is 16.9. The molecule has 0 amide bonds. The van der Waals surface area contributed by atoms with Crippen LogP contribution in [-0.4, -0.2) is 41.1 Å². The van der Waals surface area contributed by atoms with E-state index < -0.39 is 0 Å². The number of hydrogen-bond donors (Lipinski definition) is 3. The number of aliphatic hydroxyl groups excluding tert-OH is 1. The summed E-state index contributed by atoms with van der Waals surface area (Å²) in [6, 6.07) is 8.56. The predicted octanol–water partition coefficient (Wildman–Crippen LogP) is 1.81. The van der Waals surface area contributed by atoms with E-state index in [9.17, 15) is 9.50 Å². The molecule has 6 heteroatoms. The van der Waals surface area contributed by atoms with Gasteiger partial charge in [0, 0.05) is 44.8 Å². The number of nitrogens with zero attached hydrogens (tertiary/aromatic N) is 2. The van der Waals surface area contributed by atoms with Crippen LogP contribution in [-0.2, 0) is 13.0 Å². The van der Waals surface area contributed by atoms with Gasteiger partial charge < -0.3 is 15.7 Å². The van der Waals surface area contributed by atoms with Crippen molar-refractivity contribution >= 4 is 5.82 Å². The molecule has 0 fully saturated rings. The maximum Gasteiger partial charge on any atom is 0.124 e. The molecular weight excluding hydrogens is 307 g/mol. The fraction of sp³-hybridized carbons (Fsp3) is 0.500. The van der Waals surface area contributed by atoms with Crippen LogP contribution in [0.2, 0.25) is 0 Å². The number of rotatable bonds is 7. The highest BCUT2D eigenvalue weighted by molar-refractivity contribution is 5.38. The number of nitrogens with one attached hydrogen (secondary N) is 2. The molecule has 3 rings (SSSR count). The topological polar surface area (TPSA) is 62.1 Å². The number of halogens is 1. The molecule has 3 N–H and O–H groups in total. The molecule has 0 unspecified atom stereocenters. The number of fused-ring (bicyclic) bond motifs is 1. The van der Waals surface area contributed by atoms with E-state index in [1.54, 1.807) is 12.1 Å². The Bertz CT molecular complexity index is 656. The SMILES string of the molecule is Cc1cc2n(n1)C[C@H](CNC[C@H](CO)Cc1ccc(F)cc1)CN2. The number of aromatic nitrogens is 2. The molecular formula is C18H25FN4O. The van der Waals surface area contributed by atoms with Gasteiger partial charge in [0.05, 0.1) is 5.69 Å². The fourth-order valence-electron chi connectivity index (χ4n) is 3.17. The minimum absolute atomic E-state index is 0.121. The average Bonchev–Trinajstić information content (AvgIpc) is 2.95. The number of aliphatic hydroxyl groups is 1. The summed E-state index contributed by atoms with van der Waals surface area (Å²) in [5.41, 5.74) is 2.08. The highest BCUT2D eigenvalue weighted by Gasteiger charge is 2.19. The summed E-state index contributed by atoms with van der Waals surface area (Å²) < 4.78 is 15.0. The molecule has 2 aromatic rings. The maximum atomic E-state index is 12.9. The standard InChI is InChI=1S/C18H25FN4O/c1-13-6-18-21-10-16(11-23(18)22-13)9-20-8-15(12-24)7-14-2-4-17(19)5-3-14/h2-6,15-16,20-21,24H,7-12H2,1H3/t15-,16-/m1/s1. The number of anilines is 1. The molecule has 0 aliphatic carbocycles. The summed E-state index contributed by atoms with van der Waals surface area (Å²) in [6.07, 6.45) is 0.745. The Labute approximate surface area is 141 Å². The molecule has 0 spiro atoms. The predicted molar refractivity (Wildman–Crippen MR) is 92.5 cm³/mol. The second-order valence-corrected chi connectivity index (χ2v) is 6.64. The molecule has 1 aromatic carbocycles. The quantitative estimate of drug-likeness (QED) is 0.724. The van der Waals surface area contributed by atoms with Crippen molar-refractivity contribution in [1.29, 1.82) is 0 Å². The van der Waals surface area contributed by atoms with Crippen LogP contribution in [0.3, 0.4) is 0 Å². The maximum absolute atomic E-state index is 12.9. The monoisotopic (exact) mass is 332 g/mol. The third-order valence-electron chi connectivity index (χ3n) is 4.47. The minimum atomic E-state index is -0.226. The van der Waals surface area contributed by atoms with Crippen LogP contribution in [0.25, 0.3) is 0 Å². The normalized spacial score (nSPS) is 18.0. The fourth-order valence-corrected chi connectivity index (χ4v) is 3.17. The van der Waals surface area contributed by atoms with Crippen LogP contribution in [0.4, 0.5) is 10.2 Å². The van der Waals surface area contributed by atoms with E-state index in [4.69, 9.17) is 0 Å². The zero-order valence-corrected chi connectivity index (χ0v) is 14.0. The Balaban J connectivity index is 1.44. The van der Waals surface area contributed by atoms with Gasteiger partial charge >= 0.3 is 0 Å². The van der Waals surface area contributed by atoms with Crippen LogP contribution < -0.4 is 10.6 Å². The van der Waals surface area contributed by atoms with Crippen LogP contribution >= 0.6 is 0 Å². The lowest BCUT2D eigenvalue weighted by Gasteiger charge is -2.26. The van der Waals surface area contributed by atoms with Gasteiger partial charge in [0.15, 0.2) is 0 Å². The van der Waals surface area contributed by atoms with Crippen LogP contribution in [0.1, 0.15) is 11.3 Å². The van der Waals surface area contributed by atoms with Crippen LogP contribution in [0.15, 0.2) is 30.3 Å². The highest BCUT2D eigenvalue weighted by Crippen LogP contribution is 2.18. The zero-order chi connectivity index (χ0) is 16.9. The van der Waals surface area contributed by atoms with Gasteiger partial charge in [0.25, 0.3) is 0 Å². The van der Waals surface area contributed by atoms with Crippen molar-refractivity contribution < 1.29 is 9.50 Å². The van der Waals surface area contributed by atoms with Crippen molar-refractivity contribution in [2.45, 2.75) is 19.9 Å². The second-order valence-electron chi connectivity index (χ2n) is 6.64. The number of hydrogen-bond acceptors (Lipinski definition) is 4. The van der Waals surface area contributed by atoms with Crippen molar-refractivity contribution in [3.63, 3.8) is 0 Å². The largest absolute Gasteiger partial charge is 0.396 e. The molecule has 130 valence electrons. The summed E-state index contributed by atoms with van der Waals surface area (Å²) in [5.74, 6) is 1.47. The molecule has 24 heavy (non-hydrogen) atoms. The molecule has 0 saturated heterocycles. The minimum Gasteiger partial charge on any atom is -0.396 e. The van der Waals surface area contributed by atoms with Gasteiger partial charge in [-0.2, -0.15) is 5.10 Å². The van der Waals surface area contributed by atoms with E-state index in [0.29, 0.717) is 5.92 Å². The molecule has 2 heterocycles. The summed E-state index contributed by atoms with van der Waals surface area (Å²) in [5, 5.41) is 20.9. The van der Waals surface area contributed by atoms with Gasteiger partial charge in [0.1, 0.15) is 11.6 Å². The smallest absolute Gasteiger partial charge is 0.124 e. The zero-order valence-electron chi connectivity index (χ0n) is 14.0. The summed E-state index contributed by atoms with van der Waals surface area (Å²) in [7, 11) is 0.